The average Bonchev–Trinajstić information content (AvgIpc) is 2.38. The summed E-state index contributed by atoms with van der Waals surface area (Å²) in [6, 6.07) is 8.38. The van der Waals surface area contributed by atoms with Crippen molar-refractivity contribution in [1.29, 1.82) is 0 Å². The Morgan fingerprint density at radius 1 is 1.16 bits per heavy atom. The molecule has 1 fully saturated rings. The van der Waals surface area contributed by atoms with Gasteiger partial charge in [0.2, 0.25) is 0 Å². The van der Waals surface area contributed by atoms with Crippen LogP contribution in [0.2, 0.25) is 0 Å². The van der Waals surface area contributed by atoms with Gasteiger partial charge < -0.3 is 4.90 Å². The zero-order chi connectivity index (χ0) is 13.9. The Morgan fingerprint density at radius 3 is 2.21 bits per heavy atom. The summed E-state index contributed by atoms with van der Waals surface area (Å²) in [5.41, 5.74) is 2.74. The first kappa shape index (κ1) is 14.0. The van der Waals surface area contributed by atoms with Gasteiger partial charge in [0.15, 0.2) is 0 Å². The number of hydrogen-bond donors (Lipinski definition) is 0. The summed E-state index contributed by atoms with van der Waals surface area (Å²) in [7, 11) is 0. The van der Waals surface area contributed by atoms with Crippen molar-refractivity contribution >= 4 is 5.69 Å². The Labute approximate surface area is 118 Å². The minimum Gasteiger partial charge on any atom is -0.372 e. The van der Waals surface area contributed by atoms with Crippen LogP contribution in [-0.4, -0.2) is 13.1 Å². The van der Waals surface area contributed by atoms with Crippen LogP contribution in [0.3, 0.4) is 0 Å². The van der Waals surface area contributed by atoms with Gasteiger partial charge >= 0.3 is 0 Å². The van der Waals surface area contributed by atoms with Gasteiger partial charge in [-0.05, 0) is 54.9 Å². The van der Waals surface area contributed by atoms with E-state index in [2.05, 4.69) is 43.7 Å². The topological polar surface area (TPSA) is 3.24 Å². The zero-order valence-corrected chi connectivity index (χ0v) is 12.4. The maximum absolute atomic E-state index is 5.39. The molecule has 0 radical (unpaired) electrons. The normalized spacial score (nSPS) is 17.3. The molecule has 1 aromatic carbocycles. The van der Waals surface area contributed by atoms with Crippen molar-refractivity contribution in [1.82, 2.24) is 0 Å². The van der Waals surface area contributed by atoms with Crippen molar-refractivity contribution in [3.8, 4) is 12.3 Å². The van der Waals surface area contributed by atoms with Gasteiger partial charge in [-0.3, -0.25) is 0 Å². The van der Waals surface area contributed by atoms with Crippen molar-refractivity contribution in [3.63, 3.8) is 0 Å². The van der Waals surface area contributed by atoms with Crippen LogP contribution >= 0.6 is 0 Å². The molecule has 0 bridgehead atoms. The second-order valence-electron chi connectivity index (χ2n) is 6.89. The molecule has 1 heterocycles. The largest absolute Gasteiger partial charge is 0.372 e. The van der Waals surface area contributed by atoms with Crippen molar-refractivity contribution in [2.75, 3.05) is 18.0 Å². The van der Waals surface area contributed by atoms with E-state index < -0.39 is 0 Å². The molecular formula is C18H25N. The molecule has 102 valence electrons. The van der Waals surface area contributed by atoms with Crippen molar-refractivity contribution in [2.45, 2.75) is 40.0 Å². The van der Waals surface area contributed by atoms with E-state index in [4.69, 9.17) is 6.42 Å². The number of nitrogens with zero attached hydrogens (tertiary/aromatic N) is 1. The zero-order valence-electron chi connectivity index (χ0n) is 12.4. The SMILES string of the molecule is C#Cc1ccc(N2CCC(CC(C)(C)C)CC2)cc1. The fourth-order valence-electron chi connectivity index (χ4n) is 3.03. The molecule has 2 rings (SSSR count). The van der Waals surface area contributed by atoms with Crippen LogP contribution in [0.25, 0.3) is 0 Å². The molecule has 1 nitrogen and oxygen atoms in total. The maximum atomic E-state index is 5.39. The molecule has 0 atom stereocenters. The van der Waals surface area contributed by atoms with Crippen LogP contribution in [0, 0.1) is 23.7 Å². The van der Waals surface area contributed by atoms with E-state index in [-0.39, 0.29) is 0 Å². The predicted octanol–water partition coefficient (Wildman–Crippen LogP) is 4.32. The summed E-state index contributed by atoms with van der Waals surface area (Å²) in [6.07, 6.45) is 9.36. The van der Waals surface area contributed by atoms with Crippen LogP contribution < -0.4 is 4.90 Å². The summed E-state index contributed by atoms with van der Waals surface area (Å²) >= 11 is 0. The molecule has 0 saturated carbocycles. The Kier molecular flexibility index (Phi) is 4.20. The van der Waals surface area contributed by atoms with Gasteiger partial charge in [0.1, 0.15) is 0 Å². The van der Waals surface area contributed by atoms with Crippen LogP contribution in [0.5, 0.6) is 0 Å². The lowest BCUT2D eigenvalue weighted by atomic mass is 9.80. The number of anilines is 1. The molecule has 0 amide bonds. The Bertz CT molecular complexity index is 436. The van der Waals surface area contributed by atoms with Crippen LogP contribution in [0.1, 0.15) is 45.6 Å². The van der Waals surface area contributed by atoms with Gasteiger partial charge in [0.05, 0.1) is 0 Å². The lowest BCUT2D eigenvalue weighted by Crippen LogP contribution is -2.34. The highest BCUT2D eigenvalue weighted by molar-refractivity contribution is 5.50. The third-order valence-electron chi connectivity index (χ3n) is 3.91. The molecule has 19 heavy (non-hydrogen) atoms. The molecule has 1 heteroatoms. The first-order valence-electron chi connectivity index (χ1n) is 7.29. The van der Waals surface area contributed by atoms with E-state index in [9.17, 15) is 0 Å². The standard InChI is InChI=1S/C18H25N/c1-5-15-6-8-17(9-7-15)19-12-10-16(11-13-19)14-18(2,3)4/h1,6-9,16H,10-14H2,2-4H3. The van der Waals surface area contributed by atoms with E-state index >= 15 is 0 Å². The second kappa shape index (κ2) is 5.70. The fraction of sp³-hybridized carbons (Fsp3) is 0.556. The third-order valence-corrected chi connectivity index (χ3v) is 3.91. The third kappa shape index (κ3) is 4.03. The lowest BCUT2D eigenvalue weighted by molar-refractivity contribution is 0.258. The van der Waals surface area contributed by atoms with Crippen LogP contribution in [0.15, 0.2) is 24.3 Å². The van der Waals surface area contributed by atoms with E-state index in [1.54, 1.807) is 0 Å². The molecule has 1 saturated heterocycles. The second-order valence-corrected chi connectivity index (χ2v) is 6.89. The Morgan fingerprint density at radius 2 is 1.74 bits per heavy atom. The number of benzene rings is 1. The summed E-state index contributed by atoms with van der Waals surface area (Å²) in [6.45, 7) is 9.39. The summed E-state index contributed by atoms with van der Waals surface area (Å²) in [5.74, 6) is 3.56. The molecule has 1 aliphatic rings. The molecule has 0 unspecified atom stereocenters. The Balaban J connectivity index is 1.91. The highest BCUT2D eigenvalue weighted by Gasteiger charge is 2.23. The molecule has 1 aromatic rings. The van der Waals surface area contributed by atoms with Crippen molar-refractivity contribution < 1.29 is 0 Å². The molecule has 1 aliphatic heterocycles. The smallest absolute Gasteiger partial charge is 0.0367 e. The van der Waals surface area contributed by atoms with E-state index in [0.29, 0.717) is 5.41 Å². The average molecular weight is 255 g/mol. The molecule has 0 spiro atoms. The molecular weight excluding hydrogens is 230 g/mol. The quantitative estimate of drug-likeness (QED) is 0.711. The number of terminal acetylenes is 1. The molecule has 0 aliphatic carbocycles. The van der Waals surface area contributed by atoms with Crippen molar-refractivity contribution in [2.24, 2.45) is 11.3 Å². The molecule has 0 aromatic heterocycles. The van der Waals surface area contributed by atoms with E-state index in [1.807, 2.05) is 12.1 Å². The first-order chi connectivity index (χ1) is 8.98. The van der Waals surface area contributed by atoms with Gasteiger partial charge in [-0.2, -0.15) is 0 Å². The van der Waals surface area contributed by atoms with Crippen LogP contribution in [-0.2, 0) is 0 Å². The predicted molar refractivity (Wildman–Crippen MR) is 83.4 cm³/mol. The highest BCUT2D eigenvalue weighted by Crippen LogP contribution is 2.32. The lowest BCUT2D eigenvalue weighted by Gasteiger charge is -2.36. The maximum Gasteiger partial charge on any atom is 0.0367 e. The number of piperidine rings is 1. The Hall–Kier alpha value is -1.42. The van der Waals surface area contributed by atoms with Gasteiger partial charge in [-0.25, -0.2) is 0 Å². The van der Waals surface area contributed by atoms with Crippen molar-refractivity contribution in [3.05, 3.63) is 29.8 Å². The fourth-order valence-corrected chi connectivity index (χ4v) is 3.03. The van der Waals surface area contributed by atoms with Gasteiger partial charge in [0.25, 0.3) is 0 Å². The minimum atomic E-state index is 0.460. The number of rotatable bonds is 2. The summed E-state index contributed by atoms with van der Waals surface area (Å²) in [4.78, 5) is 2.49. The summed E-state index contributed by atoms with van der Waals surface area (Å²) < 4.78 is 0. The van der Waals surface area contributed by atoms with Gasteiger partial charge in [0, 0.05) is 24.3 Å². The minimum absolute atomic E-state index is 0.460. The highest BCUT2D eigenvalue weighted by atomic mass is 15.1. The van der Waals surface area contributed by atoms with Gasteiger partial charge in [-0.15, -0.1) is 6.42 Å². The summed E-state index contributed by atoms with van der Waals surface area (Å²) in [5, 5.41) is 0. The van der Waals surface area contributed by atoms with Crippen LogP contribution in [0.4, 0.5) is 5.69 Å². The van der Waals surface area contributed by atoms with E-state index in [1.165, 1.54) is 38.0 Å². The monoisotopic (exact) mass is 255 g/mol. The van der Waals surface area contributed by atoms with E-state index in [0.717, 1.165) is 11.5 Å². The first-order valence-corrected chi connectivity index (χ1v) is 7.29. The molecule has 0 N–H and O–H groups in total. The van der Waals surface area contributed by atoms with Gasteiger partial charge in [-0.1, -0.05) is 26.7 Å². The number of hydrogen-bond acceptors (Lipinski definition) is 1.